The molecule has 0 radical (unpaired) electrons. The molecule has 1 aromatic heterocycles. The van der Waals surface area contributed by atoms with E-state index in [4.69, 9.17) is 0 Å². The van der Waals surface area contributed by atoms with Gasteiger partial charge in [0.1, 0.15) is 5.82 Å². The molecule has 0 saturated heterocycles. The molecule has 0 aliphatic carbocycles. The molecule has 19 heavy (non-hydrogen) atoms. The van der Waals surface area contributed by atoms with Crippen molar-refractivity contribution in [1.29, 1.82) is 0 Å². The van der Waals surface area contributed by atoms with Crippen molar-refractivity contribution >= 4 is 0 Å². The second kappa shape index (κ2) is 6.53. The molecule has 3 nitrogen and oxygen atoms in total. The maximum absolute atomic E-state index is 4.42. The monoisotopic (exact) mass is 257 g/mol. The molecule has 2 aromatic rings. The number of nitrogens with zero attached hydrogens (tertiary/aromatic N) is 2. The zero-order valence-corrected chi connectivity index (χ0v) is 12.0. The summed E-state index contributed by atoms with van der Waals surface area (Å²) in [6.07, 6.45) is 6.15. The predicted molar refractivity (Wildman–Crippen MR) is 78.8 cm³/mol. The number of rotatable bonds is 6. The molecule has 0 aliphatic rings. The van der Waals surface area contributed by atoms with Gasteiger partial charge in [0, 0.05) is 25.5 Å². The van der Waals surface area contributed by atoms with Crippen LogP contribution in [0.3, 0.4) is 0 Å². The Morgan fingerprint density at radius 2 is 2.00 bits per heavy atom. The van der Waals surface area contributed by atoms with Gasteiger partial charge in [-0.3, -0.25) is 0 Å². The Kier molecular flexibility index (Phi) is 4.74. The molecular weight excluding hydrogens is 234 g/mol. The summed E-state index contributed by atoms with van der Waals surface area (Å²) < 4.78 is 2.08. The first-order valence-corrected chi connectivity index (χ1v) is 7.00. The van der Waals surface area contributed by atoms with Crippen molar-refractivity contribution < 1.29 is 0 Å². The van der Waals surface area contributed by atoms with Crippen LogP contribution in [0, 0.1) is 0 Å². The predicted octanol–water partition coefficient (Wildman–Crippen LogP) is 3.61. The maximum Gasteiger partial charge on any atom is 0.125 e. The van der Waals surface area contributed by atoms with Crippen molar-refractivity contribution in [1.82, 2.24) is 14.9 Å². The van der Waals surface area contributed by atoms with Crippen LogP contribution in [0.25, 0.3) is 0 Å². The summed E-state index contributed by atoms with van der Waals surface area (Å²) in [5.41, 5.74) is 1.35. The van der Waals surface area contributed by atoms with Crippen LogP contribution in [0.2, 0.25) is 0 Å². The van der Waals surface area contributed by atoms with E-state index in [2.05, 4.69) is 59.0 Å². The first-order chi connectivity index (χ1) is 9.22. The summed E-state index contributed by atoms with van der Waals surface area (Å²) in [7, 11) is 2.04. The topological polar surface area (TPSA) is 29.9 Å². The molecule has 1 N–H and O–H groups in total. The van der Waals surface area contributed by atoms with Gasteiger partial charge in [-0.05, 0) is 18.9 Å². The van der Waals surface area contributed by atoms with Crippen LogP contribution >= 0.6 is 0 Å². The second-order valence-electron chi connectivity index (χ2n) is 5.04. The summed E-state index contributed by atoms with van der Waals surface area (Å²) in [5, 5.41) is 3.69. The second-order valence-corrected chi connectivity index (χ2v) is 5.04. The van der Waals surface area contributed by atoms with Crippen molar-refractivity contribution in [2.75, 3.05) is 0 Å². The number of aryl methyl sites for hydroxylation is 1. The molecule has 1 aromatic carbocycles. The van der Waals surface area contributed by atoms with Crippen LogP contribution in [0.5, 0.6) is 0 Å². The van der Waals surface area contributed by atoms with Gasteiger partial charge in [-0.1, -0.05) is 43.7 Å². The molecule has 0 amide bonds. The highest BCUT2D eigenvalue weighted by Gasteiger charge is 2.16. The van der Waals surface area contributed by atoms with E-state index in [1.54, 1.807) is 0 Å². The number of imidazole rings is 1. The Hall–Kier alpha value is -1.61. The summed E-state index contributed by atoms with van der Waals surface area (Å²) >= 11 is 0. The van der Waals surface area contributed by atoms with Gasteiger partial charge in [0.25, 0.3) is 0 Å². The van der Waals surface area contributed by atoms with Crippen molar-refractivity contribution in [3.8, 4) is 0 Å². The summed E-state index contributed by atoms with van der Waals surface area (Å²) in [6.45, 7) is 4.40. The first kappa shape index (κ1) is 13.8. The van der Waals surface area contributed by atoms with E-state index in [9.17, 15) is 0 Å². The van der Waals surface area contributed by atoms with Crippen LogP contribution in [0.1, 0.15) is 50.2 Å². The lowest BCUT2D eigenvalue weighted by Crippen LogP contribution is -2.26. The summed E-state index contributed by atoms with van der Waals surface area (Å²) in [4.78, 5) is 4.42. The smallest absolute Gasteiger partial charge is 0.125 e. The van der Waals surface area contributed by atoms with Crippen molar-refractivity contribution in [2.24, 2.45) is 7.05 Å². The third-order valence-corrected chi connectivity index (χ3v) is 3.48. The van der Waals surface area contributed by atoms with Crippen molar-refractivity contribution in [2.45, 2.75) is 38.8 Å². The van der Waals surface area contributed by atoms with Crippen LogP contribution < -0.4 is 5.32 Å². The van der Waals surface area contributed by atoms with Crippen LogP contribution in [0.4, 0.5) is 0 Å². The lowest BCUT2D eigenvalue weighted by Gasteiger charge is -2.23. The highest BCUT2D eigenvalue weighted by molar-refractivity contribution is 5.19. The molecule has 102 valence electrons. The van der Waals surface area contributed by atoms with E-state index in [1.807, 2.05) is 19.4 Å². The SMILES string of the molecule is CCCC(NC(C)c1nccn1C)c1ccccc1. The van der Waals surface area contributed by atoms with Gasteiger partial charge < -0.3 is 9.88 Å². The van der Waals surface area contributed by atoms with E-state index in [1.165, 1.54) is 12.0 Å². The third-order valence-electron chi connectivity index (χ3n) is 3.48. The highest BCUT2D eigenvalue weighted by Crippen LogP contribution is 2.22. The standard InChI is InChI=1S/C16H23N3/c1-4-8-15(14-9-6-5-7-10-14)18-13(2)16-17-11-12-19(16)3/h5-7,9-13,15,18H,4,8H2,1-3H3. The number of aromatic nitrogens is 2. The Morgan fingerprint density at radius 3 is 2.58 bits per heavy atom. The van der Waals surface area contributed by atoms with E-state index < -0.39 is 0 Å². The van der Waals surface area contributed by atoms with Gasteiger partial charge >= 0.3 is 0 Å². The van der Waals surface area contributed by atoms with Crippen LogP contribution in [-0.4, -0.2) is 9.55 Å². The Morgan fingerprint density at radius 1 is 1.26 bits per heavy atom. The lowest BCUT2D eigenvalue weighted by atomic mass is 10.0. The quantitative estimate of drug-likeness (QED) is 0.856. The van der Waals surface area contributed by atoms with E-state index in [-0.39, 0.29) is 6.04 Å². The maximum atomic E-state index is 4.42. The number of hydrogen-bond acceptors (Lipinski definition) is 2. The molecule has 0 fully saturated rings. The van der Waals surface area contributed by atoms with Gasteiger partial charge in [-0.2, -0.15) is 0 Å². The molecule has 0 saturated carbocycles. The normalized spacial score (nSPS) is 14.3. The Bertz CT molecular complexity index is 490. The molecule has 3 heteroatoms. The van der Waals surface area contributed by atoms with Crippen LogP contribution in [0.15, 0.2) is 42.7 Å². The average molecular weight is 257 g/mol. The molecule has 2 atom stereocenters. The molecule has 0 aliphatic heterocycles. The molecule has 2 unspecified atom stereocenters. The fourth-order valence-corrected chi connectivity index (χ4v) is 2.49. The highest BCUT2D eigenvalue weighted by atomic mass is 15.1. The zero-order valence-electron chi connectivity index (χ0n) is 12.0. The zero-order chi connectivity index (χ0) is 13.7. The van der Waals surface area contributed by atoms with Gasteiger partial charge in [-0.25, -0.2) is 4.98 Å². The number of nitrogens with one attached hydrogen (secondary N) is 1. The molecule has 1 heterocycles. The van der Waals surface area contributed by atoms with Crippen molar-refractivity contribution in [3.63, 3.8) is 0 Å². The van der Waals surface area contributed by atoms with E-state index in [0.29, 0.717) is 6.04 Å². The van der Waals surface area contributed by atoms with Crippen LogP contribution in [-0.2, 0) is 7.05 Å². The third kappa shape index (κ3) is 3.44. The Balaban J connectivity index is 2.11. The molecule has 0 spiro atoms. The minimum absolute atomic E-state index is 0.247. The molecule has 0 bridgehead atoms. The minimum Gasteiger partial charge on any atom is -0.337 e. The fraction of sp³-hybridized carbons (Fsp3) is 0.438. The summed E-state index contributed by atoms with van der Waals surface area (Å²) in [5.74, 6) is 1.08. The lowest BCUT2D eigenvalue weighted by molar-refractivity contribution is 0.421. The molecule has 2 rings (SSSR count). The van der Waals surface area contributed by atoms with Gasteiger partial charge in [-0.15, -0.1) is 0 Å². The fourth-order valence-electron chi connectivity index (χ4n) is 2.49. The first-order valence-electron chi connectivity index (χ1n) is 7.00. The number of hydrogen-bond donors (Lipinski definition) is 1. The Labute approximate surface area is 115 Å². The largest absolute Gasteiger partial charge is 0.337 e. The molecular formula is C16H23N3. The average Bonchev–Trinajstić information content (AvgIpc) is 2.85. The van der Waals surface area contributed by atoms with Gasteiger partial charge in [0.05, 0.1) is 6.04 Å². The van der Waals surface area contributed by atoms with E-state index in [0.717, 1.165) is 12.2 Å². The van der Waals surface area contributed by atoms with Gasteiger partial charge in [0.15, 0.2) is 0 Å². The van der Waals surface area contributed by atoms with Gasteiger partial charge in [0.2, 0.25) is 0 Å². The number of benzene rings is 1. The van der Waals surface area contributed by atoms with E-state index >= 15 is 0 Å². The minimum atomic E-state index is 0.247. The van der Waals surface area contributed by atoms with Crippen molar-refractivity contribution in [3.05, 3.63) is 54.1 Å². The summed E-state index contributed by atoms with van der Waals surface area (Å²) in [6, 6.07) is 11.3.